The summed E-state index contributed by atoms with van der Waals surface area (Å²) in [5, 5.41) is 3.70. The van der Waals surface area contributed by atoms with Gasteiger partial charge < -0.3 is 10.2 Å². The Morgan fingerprint density at radius 3 is 2.06 bits per heavy atom. The van der Waals surface area contributed by atoms with Gasteiger partial charge in [-0.1, -0.05) is 82.1 Å². The molecule has 178 valence electrons. The first-order valence-electron chi connectivity index (χ1n) is 11.2. The number of carbonyl (C=O) groups excluding carboxylic acids is 2. The second kappa shape index (κ2) is 11.7. The van der Waals surface area contributed by atoms with E-state index in [1.165, 1.54) is 0 Å². The van der Waals surface area contributed by atoms with Gasteiger partial charge in [0.25, 0.3) is 0 Å². The number of rotatable bonds is 8. The summed E-state index contributed by atoms with van der Waals surface area (Å²) in [7, 11) is 0. The average molecular weight is 542 g/mol. The molecule has 4 nitrogen and oxygen atoms in total. The van der Waals surface area contributed by atoms with E-state index in [2.05, 4.69) is 21.2 Å². The third-order valence-corrected chi connectivity index (χ3v) is 6.08. The Labute approximate surface area is 215 Å². The normalized spacial score (nSPS) is 12.1. The van der Waals surface area contributed by atoms with Crippen LogP contribution >= 0.6 is 27.5 Å². The maximum absolute atomic E-state index is 13.7. The third kappa shape index (κ3) is 8.00. The fourth-order valence-electron chi connectivity index (χ4n) is 3.67. The van der Waals surface area contributed by atoms with Crippen molar-refractivity contribution in [2.24, 2.45) is 0 Å². The first-order valence-corrected chi connectivity index (χ1v) is 12.4. The molecular weight excluding hydrogens is 512 g/mol. The van der Waals surface area contributed by atoms with Crippen LogP contribution in [-0.4, -0.2) is 28.3 Å². The van der Waals surface area contributed by atoms with E-state index in [1.54, 1.807) is 17.0 Å². The largest absolute Gasteiger partial charge is 0.350 e. The van der Waals surface area contributed by atoms with Crippen LogP contribution in [0, 0.1) is 0 Å². The SMILES string of the molecule is CC(C)(C)NC(=O)[C@@H](Cc1ccccc1)N(Cc1ccc(Br)cc1)C(=O)Cc1ccc(Cl)cc1. The molecular formula is C28H30BrClN2O2. The van der Waals surface area contributed by atoms with Gasteiger partial charge in [0, 0.05) is 28.0 Å². The molecule has 0 unspecified atom stereocenters. The van der Waals surface area contributed by atoms with Crippen LogP contribution in [0.5, 0.6) is 0 Å². The first kappa shape index (κ1) is 26.0. The van der Waals surface area contributed by atoms with Crippen LogP contribution in [0.15, 0.2) is 83.3 Å². The molecule has 0 heterocycles. The summed E-state index contributed by atoms with van der Waals surface area (Å²) in [6, 6.07) is 24.2. The van der Waals surface area contributed by atoms with Crippen LogP contribution in [0.2, 0.25) is 5.02 Å². The van der Waals surface area contributed by atoms with Crippen molar-refractivity contribution >= 4 is 39.3 Å². The molecule has 0 aliphatic heterocycles. The van der Waals surface area contributed by atoms with Crippen LogP contribution in [0.4, 0.5) is 0 Å². The van der Waals surface area contributed by atoms with E-state index in [-0.39, 0.29) is 18.2 Å². The van der Waals surface area contributed by atoms with E-state index >= 15 is 0 Å². The highest BCUT2D eigenvalue weighted by Crippen LogP contribution is 2.19. The minimum atomic E-state index is -0.662. The molecule has 0 spiro atoms. The standard InChI is InChI=1S/C28H30BrClN2O2/c1-28(2,3)31-27(34)25(17-20-7-5-4-6-8-20)32(19-22-9-13-23(29)14-10-22)26(33)18-21-11-15-24(30)16-12-21/h4-16,25H,17-19H2,1-3H3,(H,31,34)/t25-/m1/s1. The highest BCUT2D eigenvalue weighted by molar-refractivity contribution is 9.10. The quantitative estimate of drug-likeness (QED) is 0.369. The Hall–Kier alpha value is -2.63. The second-order valence-electron chi connectivity index (χ2n) is 9.40. The number of benzene rings is 3. The lowest BCUT2D eigenvalue weighted by Gasteiger charge is -2.34. The summed E-state index contributed by atoms with van der Waals surface area (Å²) in [4.78, 5) is 28.9. The van der Waals surface area contributed by atoms with Crippen molar-refractivity contribution in [3.63, 3.8) is 0 Å². The molecule has 3 rings (SSSR count). The van der Waals surface area contributed by atoms with Crippen LogP contribution in [-0.2, 0) is 29.0 Å². The molecule has 3 aromatic rings. The van der Waals surface area contributed by atoms with E-state index in [1.807, 2.05) is 87.5 Å². The number of nitrogens with one attached hydrogen (secondary N) is 1. The fraction of sp³-hybridized carbons (Fsp3) is 0.286. The number of hydrogen-bond donors (Lipinski definition) is 1. The smallest absolute Gasteiger partial charge is 0.243 e. The average Bonchev–Trinajstić information content (AvgIpc) is 2.78. The van der Waals surface area contributed by atoms with Crippen molar-refractivity contribution in [3.8, 4) is 0 Å². The lowest BCUT2D eigenvalue weighted by molar-refractivity contribution is -0.141. The third-order valence-electron chi connectivity index (χ3n) is 5.30. The van der Waals surface area contributed by atoms with Gasteiger partial charge in [0.15, 0.2) is 0 Å². The van der Waals surface area contributed by atoms with Crippen molar-refractivity contribution in [2.75, 3.05) is 0 Å². The predicted octanol–water partition coefficient (Wildman–Crippen LogP) is 6.20. The molecule has 34 heavy (non-hydrogen) atoms. The number of carbonyl (C=O) groups is 2. The number of amides is 2. The summed E-state index contributed by atoms with van der Waals surface area (Å²) < 4.78 is 0.960. The first-order chi connectivity index (χ1) is 16.1. The Morgan fingerprint density at radius 1 is 0.882 bits per heavy atom. The van der Waals surface area contributed by atoms with Crippen molar-refractivity contribution in [1.82, 2.24) is 10.2 Å². The van der Waals surface area contributed by atoms with Gasteiger partial charge >= 0.3 is 0 Å². The monoisotopic (exact) mass is 540 g/mol. The number of halogens is 2. The van der Waals surface area contributed by atoms with E-state index in [0.717, 1.165) is 21.2 Å². The Balaban J connectivity index is 1.97. The molecule has 0 aliphatic rings. The summed E-state index contributed by atoms with van der Waals surface area (Å²) >= 11 is 9.49. The Morgan fingerprint density at radius 2 is 1.47 bits per heavy atom. The molecule has 2 amide bonds. The van der Waals surface area contributed by atoms with Gasteiger partial charge in [-0.3, -0.25) is 9.59 Å². The molecule has 1 atom stereocenters. The molecule has 0 aliphatic carbocycles. The number of hydrogen-bond acceptors (Lipinski definition) is 2. The van der Waals surface area contributed by atoms with Crippen molar-refractivity contribution < 1.29 is 9.59 Å². The van der Waals surface area contributed by atoms with E-state index in [9.17, 15) is 9.59 Å². The van der Waals surface area contributed by atoms with Gasteiger partial charge in [0.05, 0.1) is 6.42 Å². The van der Waals surface area contributed by atoms with Crippen molar-refractivity contribution in [1.29, 1.82) is 0 Å². The molecule has 0 aromatic heterocycles. The molecule has 0 saturated carbocycles. The lowest BCUT2D eigenvalue weighted by Crippen LogP contribution is -2.54. The van der Waals surface area contributed by atoms with E-state index < -0.39 is 11.6 Å². The Bertz CT molecular complexity index is 1090. The summed E-state index contributed by atoms with van der Waals surface area (Å²) in [5.74, 6) is -0.284. The zero-order valence-electron chi connectivity index (χ0n) is 19.7. The molecule has 0 saturated heterocycles. The van der Waals surface area contributed by atoms with Crippen molar-refractivity contribution in [2.45, 2.75) is 51.7 Å². The Kier molecular flexibility index (Phi) is 8.92. The topological polar surface area (TPSA) is 49.4 Å². The highest BCUT2D eigenvalue weighted by Gasteiger charge is 2.32. The lowest BCUT2D eigenvalue weighted by atomic mass is 10.00. The maximum atomic E-state index is 13.7. The maximum Gasteiger partial charge on any atom is 0.243 e. The molecule has 0 bridgehead atoms. The minimum Gasteiger partial charge on any atom is -0.350 e. The van der Waals surface area contributed by atoms with E-state index in [0.29, 0.717) is 18.0 Å². The second-order valence-corrected chi connectivity index (χ2v) is 10.7. The van der Waals surface area contributed by atoms with Gasteiger partial charge in [-0.05, 0) is 61.7 Å². The summed E-state index contributed by atoms with van der Waals surface area (Å²) in [6.07, 6.45) is 0.605. The molecule has 3 aromatic carbocycles. The highest BCUT2D eigenvalue weighted by atomic mass is 79.9. The van der Waals surface area contributed by atoms with Crippen LogP contribution in [0.1, 0.15) is 37.5 Å². The zero-order chi connectivity index (χ0) is 24.7. The van der Waals surface area contributed by atoms with Gasteiger partial charge in [-0.2, -0.15) is 0 Å². The zero-order valence-corrected chi connectivity index (χ0v) is 22.1. The van der Waals surface area contributed by atoms with Gasteiger partial charge in [-0.25, -0.2) is 0 Å². The predicted molar refractivity (Wildman–Crippen MR) is 142 cm³/mol. The summed E-state index contributed by atoms with van der Waals surface area (Å²) in [5.41, 5.74) is 2.38. The molecule has 0 fully saturated rings. The van der Waals surface area contributed by atoms with Gasteiger partial charge in [-0.15, -0.1) is 0 Å². The van der Waals surface area contributed by atoms with Gasteiger partial charge in [0.1, 0.15) is 6.04 Å². The van der Waals surface area contributed by atoms with E-state index in [4.69, 9.17) is 11.6 Å². The minimum absolute atomic E-state index is 0.116. The van der Waals surface area contributed by atoms with Gasteiger partial charge in [0.2, 0.25) is 11.8 Å². The fourth-order valence-corrected chi connectivity index (χ4v) is 4.06. The summed E-state index contributed by atoms with van der Waals surface area (Å²) in [6.45, 7) is 6.16. The molecule has 1 N–H and O–H groups in total. The molecule has 6 heteroatoms. The molecule has 0 radical (unpaired) electrons. The number of nitrogens with zero attached hydrogens (tertiary/aromatic N) is 1. The van der Waals surface area contributed by atoms with Crippen LogP contribution in [0.3, 0.4) is 0 Å². The van der Waals surface area contributed by atoms with Crippen LogP contribution in [0.25, 0.3) is 0 Å². The van der Waals surface area contributed by atoms with Crippen molar-refractivity contribution in [3.05, 3.63) is 105 Å². The van der Waals surface area contributed by atoms with Crippen LogP contribution < -0.4 is 5.32 Å².